The van der Waals surface area contributed by atoms with Gasteiger partial charge in [0.05, 0.1) is 10.6 Å². The molecule has 0 fully saturated rings. The van der Waals surface area contributed by atoms with E-state index in [0.717, 1.165) is 10.6 Å². The lowest BCUT2D eigenvalue weighted by atomic mass is 10.3. The highest BCUT2D eigenvalue weighted by Crippen LogP contribution is 2.25. The Labute approximate surface area is 79.0 Å². The molecule has 0 saturated carbocycles. The van der Waals surface area contributed by atoms with E-state index < -0.39 is 0 Å². The summed E-state index contributed by atoms with van der Waals surface area (Å²) >= 11 is 1.63. The van der Waals surface area contributed by atoms with Crippen LogP contribution in [-0.4, -0.2) is 11.5 Å². The van der Waals surface area contributed by atoms with Gasteiger partial charge in [0.1, 0.15) is 0 Å². The number of carbonyl (C=O) groups excluding carboxylic acids is 1. The highest BCUT2D eigenvalue weighted by atomic mass is 32.1. The van der Waals surface area contributed by atoms with Crippen LogP contribution in [-0.2, 0) is 4.79 Å². The van der Waals surface area contributed by atoms with Gasteiger partial charge in [-0.05, 0) is 17.5 Å². The lowest BCUT2D eigenvalue weighted by Crippen LogP contribution is -1.87. The molecule has 0 spiro atoms. The van der Waals surface area contributed by atoms with E-state index in [0.29, 0.717) is 12.4 Å². The van der Waals surface area contributed by atoms with E-state index in [-0.39, 0.29) is 0 Å². The van der Waals surface area contributed by atoms with Crippen LogP contribution in [0.5, 0.6) is 5.88 Å². The Hall–Kier alpha value is -1.55. The van der Waals surface area contributed by atoms with Crippen LogP contribution in [0.4, 0.5) is 0 Å². The van der Waals surface area contributed by atoms with Gasteiger partial charge in [-0.3, -0.25) is 4.79 Å². The van der Waals surface area contributed by atoms with Gasteiger partial charge in [0.2, 0.25) is 5.88 Å². The Morgan fingerprint density at radius 3 is 3.00 bits per heavy atom. The van der Waals surface area contributed by atoms with Crippen LogP contribution in [0.3, 0.4) is 0 Å². The molecular weight excluding hydrogens is 186 g/mol. The summed E-state index contributed by atoms with van der Waals surface area (Å²) < 4.78 is 4.65. The van der Waals surface area contributed by atoms with Gasteiger partial charge in [-0.25, -0.2) is 0 Å². The van der Waals surface area contributed by atoms with E-state index >= 15 is 0 Å². The summed E-state index contributed by atoms with van der Waals surface area (Å²) in [5.74, 6) is 0.471. The standard InChI is InChI=1S/C9H7NO2S/c11-6-12-9-4-3-7(10-9)8-2-1-5-13-8/h1-6,10H. The van der Waals surface area contributed by atoms with E-state index in [1.54, 1.807) is 17.4 Å². The second-order valence-electron chi connectivity index (χ2n) is 2.43. The Kier molecular flexibility index (Phi) is 2.14. The minimum atomic E-state index is 0.407. The van der Waals surface area contributed by atoms with Gasteiger partial charge in [0, 0.05) is 6.07 Å². The quantitative estimate of drug-likeness (QED) is 0.760. The number of thiophene rings is 1. The van der Waals surface area contributed by atoms with Crippen LogP contribution in [0.2, 0.25) is 0 Å². The zero-order valence-corrected chi connectivity index (χ0v) is 7.51. The predicted molar refractivity (Wildman–Crippen MR) is 50.8 cm³/mol. The molecule has 1 N–H and O–H groups in total. The molecule has 4 heteroatoms. The largest absolute Gasteiger partial charge is 0.412 e. The third-order valence-corrected chi connectivity index (χ3v) is 2.52. The van der Waals surface area contributed by atoms with E-state index in [1.807, 2.05) is 23.6 Å². The number of aromatic nitrogens is 1. The molecule has 66 valence electrons. The minimum Gasteiger partial charge on any atom is -0.412 e. The Morgan fingerprint density at radius 2 is 2.31 bits per heavy atom. The smallest absolute Gasteiger partial charge is 0.299 e. The Bertz CT molecular complexity index is 391. The third kappa shape index (κ3) is 1.62. The lowest BCUT2D eigenvalue weighted by molar-refractivity contribution is -0.120. The number of rotatable bonds is 3. The van der Waals surface area contributed by atoms with Crippen molar-refractivity contribution in [1.82, 2.24) is 4.98 Å². The first-order chi connectivity index (χ1) is 6.40. The van der Waals surface area contributed by atoms with Crippen molar-refractivity contribution in [3.05, 3.63) is 29.6 Å². The maximum Gasteiger partial charge on any atom is 0.299 e. The molecule has 0 aliphatic heterocycles. The van der Waals surface area contributed by atoms with Crippen LogP contribution in [0.15, 0.2) is 29.6 Å². The fourth-order valence-electron chi connectivity index (χ4n) is 1.07. The second-order valence-corrected chi connectivity index (χ2v) is 3.38. The Balaban J connectivity index is 2.28. The van der Waals surface area contributed by atoms with Crippen molar-refractivity contribution in [2.45, 2.75) is 0 Å². The first-order valence-corrected chi connectivity index (χ1v) is 4.61. The molecule has 0 bridgehead atoms. The second kappa shape index (κ2) is 3.45. The first kappa shape index (κ1) is 8.07. The van der Waals surface area contributed by atoms with Gasteiger partial charge >= 0.3 is 0 Å². The van der Waals surface area contributed by atoms with Crippen molar-refractivity contribution in [3.8, 4) is 16.5 Å². The van der Waals surface area contributed by atoms with Gasteiger partial charge in [-0.2, -0.15) is 0 Å². The molecule has 2 heterocycles. The van der Waals surface area contributed by atoms with Gasteiger partial charge in [-0.15, -0.1) is 11.3 Å². The average Bonchev–Trinajstić information content (AvgIpc) is 2.70. The van der Waals surface area contributed by atoms with Crippen LogP contribution < -0.4 is 4.74 Å². The van der Waals surface area contributed by atoms with Crippen LogP contribution in [0.1, 0.15) is 0 Å². The highest BCUT2D eigenvalue weighted by Gasteiger charge is 2.01. The molecule has 13 heavy (non-hydrogen) atoms. The number of carbonyl (C=O) groups is 1. The van der Waals surface area contributed by atoms with Crippen molar-refractivity contribution in [2.75, 3.05) is 0 Å². The molecule has 0 saturated heterocycles. The fourth-order valence-corrected chi connectivity index (χ4v) is 1.78. The molecule has 0 amide bonds. The summed E-state index contributed by atoms with van der Waals surface area (Å²) in [6, 6.07) is 7.58. The topological polar surface area (TPSA) is 42.1 Å². The average molecular weight is 193 g/mol. The summed E-state index contributed by atoms with van der Waals surface area (Å²) in [4.78, 5) is 14.1. The van der Waals surface area contributed by atoms with Crippen molar-refractivity contribution < 1.29 is 9.53 Å². The first-order valence-electron chi connectivity index (χ1n) is 3.73. The highest BCUT2D eigenvalue weighted by molar-refractivity contribution is 7.13. The molecule has 0 aliphatic rings. The third-order valence-electron chi connectivity index (χ3n) is 1.62. The summed E-state index contributed by atoms with van der Waals surface area (Å²) in [5, 5.41) is 2.00. The number of hydrogen-bond donors (Lipinski definition) is 1. The maximum absolute atomic E-state index is 10.0. The molecule has 2 aromatic rings. The molecule has 2 rings (SSSR count). The number of hydrogen-bond acceptors (Lipinski definition) is 3. The molecule has 0 radical (unpaired) electrons. The summed E-state index contributed by atoms with van der Waals surface area (Å²) in [6.45, 7) is 0.407. The lowest BCUT2D eigenvalue weighted by Gasteiger charge is -1.91. The summed E-state index contributed by atoms with van der Waals surface area (Å²) in [5.41, 5.74) is 0.965. The molecule has 0 aromatic carbocycles. The molecular formula is C9H7NO2S. The van der Waals surface area contributed by atoms with Crippen LogP contribution in [0.25, 0.3) is 10.6 Å². The van der Waals surface area contributed by atoms with Crippen molar-refractivity contribution >= 4 is 17.8 Å². The molecule has 2 aromatic heterocycles. The molecule has 3 nitrogen and oxygen atoms in total. The van der Waals surface area contributed by atoms with E-state index in [4.69, 9.17) is 0 Å². The van der Waals surface area contributed by atoms with Crippen molar-refractivity contribution in [1.29, 1.82) is 0 Å². The number of nitrogens with one attached hydrogen (secondary N) is 1. The zero-order valence-electron chi connectivity index (χ0n) is 6.69. The van der Waals surface area contributed by atoms with Crippen LogP contribution in [0, 0.1) is 0 Å². The van der Waals surface area contributed by atoms with Gasteiger partial charge < -0.3 is 9.72 Å². The molecule has 0 atom stereocenters. The maximum atomic E-state index is 10.0. The van der Waals surface area contributed by atoms with Crippen molar-refractivity contribution in [2.24, 2.45) is 0 Å². The SMILES string of the molecule is O=COc1ccc(-c2cccs2)[nH]1. The summed E-state index contributed by atoms with van der Waals surface area (Å²) in [7, 11) is 0. The fraction of sp³-hybridized carbons (Fsp3) is 0. The minimum absolute atomic E-state index is 0.407. The van der Waals surface area contributed by atoms with E-state index in [9.17, 15) is 4.79 Å². The van der Waals surface area contributed by atoms with Crippen LogP contribution >= 0.6 is 11.3 Å². The normalized spacial score (nSPS) is 9.85. The number of aromatic amines is 1. The van der Waals surface area contributed by atoms with E-state index in [2.05, 4.69) is 9.72 Å². The van der Waals surface area contributed by atoms with Crippen molar-refractivity contribution in [3.63, 3.8) is 0 Å². The summed E-state index contributed by atoms with van der Waals surface area (Å²) in [6.07, 6.45) is 0. The van der Waals surface area contributed by atoms with E-state index in [1.165, 1.54) is 0 Å². The van der Waals surface area contributed by atoms with Gasteiger partial charge in [0.15, 0.2) is 0 Å². The molecule has 0 unspecified atom stereocenters. The number of ether oxygens (including phenoxy) is 1. The predicted octanol–water partition coefficient (Wildman–Crippen LogP) is 2.28. The zero-order chi connectivity index (χ0) is 9.10. The molecule has 0 aliphatic carbocycles. The monoisotopic (exact) mass is 193 g/mol. The van der Waals surface area contributed by atoms with Gasteiger partial charge in [-0.1, -0.05) is 6.07 Å². The Morgan fingerprint density at radius 1 is 1.38 bits per heavy atom. The van der Waals surface area contributed by atoms with Gasteiger partial charge in [0.25, 0.3) is 6.47 Å². The number of H-pyrrole nitrogens is 1.